The molecule has 5 heteroatoms. The van der Waals surface area contributed by atoms with Gasteiger partial charge in [-0.1, -0.05) is 0 Å². The van der Waals surface area contributed by atoms with Gasteiger partial charge in [0.2, 0.25) is 0 Å². The van der Waals surface area contributed by atoms with E-state index in [9.17, 15) is 9.18 Å². The number of methoxy groups -OCH3 is 1. The van der Waals surface area contributed by atoms with Crippen molar-refractivity contribution >= 4 is 21.7 Å². The van der Waals surface area contributed by atoms with E-state index in [-0.39, 0.29) is 22.0 Å². The Morgan fingerprint density at radius 1 is 1.59 bits per heavy atom. The summed E-state index contributed by atoms with van der Waals surface area (Å²) in [5.41, 5.74) is 0.417. The molecular formula is C12H13BrFNO2. The second-order valence-electron chi connectivity index (χ2n) is 3.98. The van der Waals surface area contributed by atoms with Gasteiger partial charge in [-0.15, -0.1) is 0 Å². The number of ether oxygens (including phenoxy) is 1. The molecule has 1 N–H and O–H groups in total. The number of nitrogens with one attached hydrogen (secondary N) is 1. The van der Waals surface area contributed by atoms with Gasteiger partial charge in [0.15, 0.2) is 5.78 Å². The number of ketones is 1. The van der Waals surface area contributed by atoms with Crippen molar-refractivity contribution in [2.45, 2.75) is 18.9 Å². The van der Waals surface area contributed by atoms with Gasteiger partial charge in [-0.2, -0.15) is 0 Å². The molecule has 0 saturated carbocycles. The minimum absolute atomic E-state index is 0.0416. The highest BCUT2D eigenvalue weighted by Crippen LogP contribution is 2.28. The van der Waals surface area contributed by atoms with E-state index < -0.39 is 5.82 Å². The first-order valence-corrected chi connectivity index (χ1v) is 6.23. The van der Waals surface area contributed by atoms with Crippen LogP contribution in [0.15, 0.2) is 16.6 Å². The summed E-state index contributed by atoms with van der Waals surface area (Å²) in [7, 11) is 1.43. The molecule has 0 bridgehead atoms. The summed E-state index contributed by atoms with van der Waals surface area (Å²) in [5, 5.41) is 3.13. The van der Waals surface area contributed by atoms with Crippen molar-refractivity contribution in [1.29, 1.82) is 0 Å². The third kappa shape index (κ3) is 2.50. The fourth-order valence-electron chi connectivity index (χ4n) is 1.99. The van der Waals surface area contributed by atoms with Crippen LogP contribution in [0.1, 0.15) is 23.2 Å². The fraction of sp³-hybridized carbons (Fsp3) is 0.417. The average Bonchev–Trinajstić information content (AvgIpc) is 2.84. The number of Topliss-reactive ketones (excluding diaryl/α,β-unsaturated/α-hetero) is 1. The molecule has 0 aromatic heterocycles. The fourth-order valence-corrected chi connectivity index (χ4v) is 2.33. The Balaban J connectivity index is 2.36. The van der Waals surface area contributed by atoms with E-state index >= 15 is 0 Å². The largest absolute Gasteiger partial charge is 0.496 e. The minimum atomic E-state index is -0.433. The highest BCUT2D eigenvalue weighted by Gasteiger charge is 2.26. The summed E-state index contributed by atoms with van der Waals surface area (Å²) in [5.74, 6) is -0.192. The Bertz CT molecular complexity index is 444. The third-order valence-corrected chi connectivity index (χ3v) is 3.49. The normalized spacial score (nSPS) is 19.4. The lowest BCUT2D eigenvalue weighted by Gasteiger charge is -2.13. The zero-order valence-corrected chi connectivity index (χ0v) is 11.0. The summed E-state index contributed by atoms with van der Waals surface area (Å²) >= 11 is 3.08. The molecule has 2 rings (SSSR count). The van der Waals surface area contributed by atoms with Gasteiger partial charge in [-0.3, -0.25) is 4.79 Å². The molecular weight excluding hydrogens is 289 g/mol. The molecule has 1 aromatic carbocycles. The Kier molecular flexibility index (Phi) is 3.79. The van der Waals surface area contributed by atoms with Crippen molar-refractivity contribution in [3.05, 3.63) is 28.0 Å². The van der Waals surface area contributed by atoms with Crippen LogP contribution in [0.3, 0.4) is 0 Å². The van der Waals surface area contributed by atoms with Crippen LogP contribution >= 0.6 is 15.9 Å². The van der Waals surface area contributed by atoms with Crippen LogP contribution < -0.4 is 10.1 Å². The van der Waals surface area contributed by atoms with Crippen molar-refractivity contribution in [3.8, 4) is 5.75 Å². The molecule has 0 aliphatic carbocycles. The average molecular weight is 302 g/mol. The lowest BCUT2D eigenvalue weighted by atomic mass is 10.0. The summed E-state index contributed by atoms with van der Waals surface area (Å²) in [4.78, 5) is 12.2. The highest BCUT2D eigenvalue weighted by molar-refractivity contribution is 9.10. The van der Waals surface area contributed by atoms with Crippen LogP contribution in [0.4, 0.5) is 4.39 Å². The number of carbonyl (C=O) groups excluding carboxylic acids is 1. The number of halogens is 2. The zero-order chi connectivity index (χ0) is 12.4. The Morgan fingerprint density at radius 3 is 2.94 bits per heavy atom. The number of benzene rings is 1. The molecule has 1 heterocycles. The number of hydrogen-bond acceptors (Lipinski definition) is 3. The van der Waals surface area contributed by atoms with Crippen molar-refractivity contribution in [2.75, 3.05) is 13.7 Å². The standard InChI is InChI=1S/C12H13BrFNO2/c1-17-11-6-9(14)8(13)5-7(11)12(16)10-3-2-4-15-10/h5-6,10,15H,2-4H2,1H3. The molecule has 1 aromatic rings. The van der Waals surface area contributed by atoms with Crippen LogP contribution in [-0.2, 0) is 0 Å². The van der Waals surface area contributed by atoms with Gasteiger partial charge in [0.05, 0.1) is 23.2 Å². The van der Waals surface area contributed by atoms with E-state index in [0.29, 0.717) is 5.56 Å². The lowest BCUT2D eigenvalue weighted by molar-refractivity contribution is 0.0949. The summed E-state index contributed by atoms with van der Waals surface area (Å²) < 4.78 is 18.7. The Labute approximate surface area is 107 Å². The molecule has 3 nitrogen and oxygen atoms in total. The smallest absolute Gasteiger partial charge is 0.183 e. The van der Waals surface area contributed by atoms with E-state index in [0.717, 1.165) is 19.4 Å². The van der Waals surface area contributed by atoms with E-state index in [2.05, 4.69) is 21.2 Å². The van der Waals surface area contributed by atoms with Crippen LogP contribution in [0.2, 0.25) is 0 Å². The first-order chi connectivity index (χ1) is 8.13. The topological polar surface area (TPSA) is 38.3 Å². The Hall–Kier alpha value is -0.940. The molecule has 1 saturated heterocycles. The molecule has 0 amide bonds. The molecule has 1 fully saturated rings. The molecule has 17 heavy (non-hydrogen) atoms. The maximum Gasteiger partial charge on any atom is 0.183 e. The van der Waals surface area contributed by atoms with Crippen molar-refractivity contribution < 1.29 is 13.9 Å². The molecule has 0 radical (unpaired) electrons. The second kappa shape index (κ2) is 5.14. The van der Waals surface area contributed by atoms with Crippen molar-refractivity contribution in [1.82, 2.24) is 5.32 Å². The Morgan fingerprint density at radius 2 is 2.35 bits per heavy atom. The van der Waals surface area contributed by atoms with Crippen molar-refractivity contribution in [3.63, 3.8) is 0 Å². The molecule has 0 spiro atoms. The minimum Gasteiger partial charge on any atom is -0.496 e. The third-order valence-electron chi connectivity index (χ3n) is 2.88. The van der Waals surface area contributed by atoms with E-state index in [1.165, 1.54) is 19.2 Å². The maximum absolute atomic E-state index is 13.3. The maximum atomic E-state index is 13.3. The quantitative estimate of drug-likeness (QED) is 0.872. The number of hydrogen-bond donors (Lipinski definition) is 1. The highest BCUT2D eigenvalue weighted by atomic mass is 79.9. The first-order valence-electron chi connectivity index (χ1n) is 5.44. The van der Waals surface area contributed by atoms with Gasteiger partial charge in [-0.05, 0) is 41.4 Å². The van der Waals surface area contributed by atoms with E-state index in [4.69, 9.17) is 4.74 Å². The monoisotopic (exact) mass is 301 g/mol. The molecule has 1 aliphatic rings. The van der Waals surface area contributed by atoms with Crippen LogP contribution in [0.25, 0.3) is 0 Å². The van der Waals surface area contributed by atoms with Crippen LogP contribution in [0, 0.1) is 5.82 Å². The summed E-state index contributed by atoms with van der Waals surface area (Å²) in [6.45, 7) is 0.848. The summed E-state index contributed by atoms with van der Waals surface area (Å²) in [6.07, 6.45) is 1.80. The molecule has 92 valence electrons. The molecule has 1 atom stereocenters. The SMILES string of the molecule is COc1cc(F)c(Br)cc1C(=O)C1CCCN1. The van der Waals surface area contributed by atoms with Gasteiger partial charge in [0.1, 0.15) is 11.6 Å². The van der Waals surface area contributed by atoms with Gasteiger partial charge in [0, 0.05) is 6.07 Å². The van der Waals surface area contributed by atoms with Crippen LogP contribution in [0.5, 0.6) is 5.75 Å². The molecule has 1 unspecified atom stereocenters. The van der Waals surface area contributed by atoms with Gasteiger partial charge in [0.25, 0.3) is 0 Å². The number of carbonyl (C=O) groups is 1. The predicted octanol–water partition coefficient (Wildman–Crippen LogP) is 2.53. The van der Waals surface area contributed by atoms with E-state index in [1.807, 2.05) is 0 Å². The van der Waals surface area contributed by atoms with E-state index in [1.54, 1.807) is 0 Å². The lowest BCUT2D eigenvalue weighted by Crippen LogP contribution is -2.31. The summed E-state index contributed by atoms with van der Waals surface area (Å²) in [6, 6.07) is 2.53. The van der Waals surface area contributed by atoms with Gasteiger partial charge >= 0.3 is 0 Å². The predicted molar refractivity (Wildman–Crippen MR) is 66.0 cm³/mol. The number of rotatable bonds is 3. The van der Waals surface area contributed by atoms with Gasteiger partial charge in [-0.25, -0.2) is 4.39 Å². The zero-order valence-electron chi connectivity index (χ0n) is 9.43. The van der Waals surface area contributed by atoms with Gasteiger partial charge < -0.3 is 10.1 Å². The first kappa shape index (κ1) is 12.5. The molecule has 1 aliphatic heterocycles. The van der Waals surface area contributed by atoms with Crippen LogP contribution in [-0.4, -0.2) is 25.5 Å². The van der Waals surface area contributed by atoms with Crippen molar-refractivity contribution in [2.24, 2.45) is 0 Å². The second-order valence-corrected chi connectivity index (χ2v) is 4.83.